The Bertz CT molecular complexity index is 89.6. The fraction of sp³-hybridized carbons (Fsp3) is 1.00. The fourth-order valence-corrected chi connectivity index (χ4v) is 3.91. The molecule has 0 aromatic carbocycles. The van der Waals surface area contributed by atoms with Crippen LogP contribution in [0.4, 0.5) is 0 Å². The van der Waals surface area contributed by atoms with E-state index in [0.717, 1.165) is 12.5 Å². The molecule has 3 nitrogen and oxygen atoms in total. The molecule has 0 atom stereocenters. The molecule has 0 fully saturated rings. The van der Waals surface area contributed by atoms with Crippen molar-refractivity contribution in [3.63, 3.8) is 0 Å². The second kappa shape index (κ2) is 6.43. The predicted octanol–water partition coefficient (Wildman–Crippen LogP) is 0.841. The first-order valence-corrected chi connectivity index (χ1v) is 7.24. The van der Waals surface area contributed by atoms with Gasteiger partial charge in [0, 0.05) is 0 Å². The summed E-state index contributed by atoms with van der Waals surface area (Å²) < 4.78 is 16.9. The molecule has 0 heterocycles. The molecule has 2 radical (unpaired) electrons. The predicted molar refractivity (Wildman–Crippen MR) is 46.8 cm³/mol. The molecule has 0 aromatic rings. The van der Waals surface area contributed by atoms with Crippen LogP contribution in [-0.2, 0) is 13.3 Å². The summed E-state index contributed by atoms with van der Waals surface area (Å²) in [5, 5.41) is 0. The van der Waals surface area contributed by atoms with Crippen molar-refractivity contribution in [1.29, 1.82) is 0 Å². The molecule has 0 bridgehead atoms. The van der Waals surface area contributed by atoms with Gasteiger partial charge in [0.1, 0.15) is 0 Å². The number of hydrogen-bond acceptors (Lipinski definition) is 3. The van der Waals surface area contributed by atoms with Crippen LogP contribution >= 0.6 is 0 Å². The van der Waals surface area contributed by atoms with Crippen LogP contribution < -0.4 is 0 Å². The summed E-state index contributed by atoms with van der Waals surface area (Å²) in [6, 6.07) is 0.922. The quantitative estimate of drug-likeness (QED) is 0.677. The van der Waals surface area contributed by atoms with E-state index in [-0.39, 0.29) is 0 Å². The Morgan fingerprint density at radius 2 is 1.55 bits per heavy atom. The number of rotatable bonds is 6. The average molecular weight is 285 g/mol. The zero-order valence-corrected chi connectivity index (χ0v) is 10.8. The third-order valence-corrected chi connectivity index (χ3v) is 5.31. The van der Waals surface area contributed by atoms with Crippen molar-refractivity contribution in [2.75, 3.05) is 21.3 Å². The molecule has 11 heavy (non-hydrogen) atoms. The van der Waals surface area contributed by atoms with Crippen LogP contribution in [0.25, 0.3) is 0 Å². The molecule has 0 amide bonds. The summed E-state index contributed by atoms with van der Waals surface area (Å²) in [5.74, 6) is 0. The molecule has 0 aliphatic heterocycles. The second-order valence-electron chi connectivity index (χ2n) is 2.12. The first kappa shape index (κ1) is 11.9. The van der Waals surface area contributed by atoms with Crippen LogP contribution in [0.5, 0.6) is 0 Å². The Morgan fingerprint density at radius 3 is 1.82 bits per heavy atom. The summed E-state index contributed by atoms with van der Waals surface area (Å²) in [7, 11) is 2.72. The van der Waals surface area contributed by atoms with E-state index in [1.807, 2.05) is 23.0 Å². The topological polar surface area (TPSA) is 27.7 Å². The molecule has 0 unspecified atom stereocenters. The van der Waals surface area contributed by atoms with Gasteiger partial charge in [-0.2, -0.15) is 0 Å². The van der Waals surface area contributed by atoms with Gasteiger partial charge in [-0.3, -0.25) is 0 Å². The minimum atomic E-state index is -2.23. The van der Waals surface area contributed by atoms with Gasteiger partial charge < -0.3 is 0 Å². The molecule has 0 spiro atoms. The van der Waals surface area contributed by atoms with Crippen LogP contribution in [0.15, 0.2) is 0 Å². The second-order valence-corrected chi connectivity index (χ2v) is 6.49. The van der Waals surface area contributed by atoms with E-state index in [0.29, 0.717) is 0 Å². The Labute approximate surface area is 83.3 Å². The maximum atomic E-state index is 5.24. The SMILES string of the molecule is CO[Si](CC[CH2][Sb])(OC)OC. The summed E-state index contributed by atoms with van der Waals surface area (Å²) in [6.45, 7) is 0. The minimum absolute atomic E-state index is 0.922. The van der Waals surface area contributed by atoms with Crippen LogP contribution in [0, 0.1) is 0 Å². The molecule has 0 saturated heterocycles. The van der Waals surface area contributed by atoms with Gasteiger partial charge in [0.05, 0.1) is 0 Å². The van der Waals surface area contributed by atoms with Gasteiger partial charge in [0.15, 0.2) is 0 Å². The van der Waals surface area contributed by atoms with Crippen molar-refractivity contribution in [1.82, 2.24) is 0 Å². The molecule has 0 aliphatic rings. The van der Waals surface area contributed by atoms with Crippen LogP contribution in [0.1, 0.15) is 6.42 Å². The van der Waals surface area contributed by atoms with E-state index < -0.39 is 8.80 Å². The van der Waals surface area contributed by atoms with Crippen molar-refractivity contribution in [3.05, 3.63) is 0 Å². The van der Waals surface area contributed by atoms with E-state index >= 15 is 0 Å². The average Bonchev–Trinajstić information content (AvgIpc) is 2.08. The normalized spacial score (nSPS) is 12.0. The zero-order valence-electron chi connectivity index (χ0n) is 7.29. The zero-order chi connectivity index (χ0) is 8.74. The van der Waals surface area contributed by atoms with Crippen LogP contribution in [0.2, 0.25) is 10.4 Å². The summed E-state index contributed by atoms with van der Waals surface area (Å²) in [4.78, 5) is 0. The fourth-order valence-electron chi connectivity index (χ4n) is 0.852. The third kappa shape index (κ3) is 3.90. The summed E-state index contributed by atoms with van der Waals surface area (Å²) in [5.41, 5.74) is 0. The third-order valence-electron chi connectivity index (χ3n) is 1.57. The van der Waals surface area contributed by atoms with Gasteiger partial charge >= 0.3 is 83.3 Å². The van der Waals surface area contributed by atoms with Crippen LogP contribution in [-0.4, -0.2) is 53.2 Å². The van der Waals surface area contributed by atoms with Gasteiger partial charge in [-0.15, -0.1) is 0 Å². The molecular weight excluding hydrogens is 270 g/mol. The standard InChI is InChI=1S/C6H15O3Si.Sb/c1-5-6-10(7-2,8-3)9-4;/h1,5-6H2,2-4H3;. The van der Waals surface area contributed by atoms with Crippen molar-refractivity contribution >= 4 is 31.8 Å². The van der Waals surface area contributed by atoms with E-state index in [4.69, 9.17) is 13.3 Å². The van der Waals surface area contributed by atoms with Gasteiger partial charge in [-0.05, 0) is 0 Å². The van der Waals surface area contributed by atoms with E-state index in [2.05, 4.69) is 0 Å². The van der Waals surface area contributed by atoms with Gasteiger partial charge in [-0.25, -0.2) is 0 Å². The van der Waals surface area contributed by atoms with Gasteiger partial charge in [-0.1, -0.05) is 0 Å². The van der Waals surface area contributed by atoms with Crippen molar-refractivity contribution < 1.29 is 13.3 Å². The van der Waals surface area contributed by atoms with E-state index in [9.17, 15) is 0 Å². The van der Waals surface area contributed by atoms with Crippen molar-refractivity contribution in [2.45, 2.75) is 16.8 Å². The molecule has 66 valence electrons. The number of hydrogen-bond donors (Lipinski definition) is 0. The Balaban J connectivity index is 3.84. The Morgan fingerprint density at radius 1 is 1.09 bits per heavy atom. The Kier molecular flexibility index (Phi) is 6.97. The summed E-state index contributed by atoms with van der Waals surface area (Å²) >= 11 is 1.82. The molecule has 0 N–H and O–H groups in total. The molecule has 0 saturated carbocycles. The first-order chi connectivity index (χ1) is 5.24. The molecule has 0 aromatic heterocycles. The van der Waals surface area contributed by atoms with E-state index in [1.54, 1.807) is 21.3 Å². The first-order valence-electron chi connectivity index (χ1n) is 3.51. The monoisotopic (exact) mass is 284 g/mol. The van der Waals surface area contributed by atoms with Crippen molar-refractivity contribution in [3.8, 4) is 0 Å². The molecular formula is C6H15O3SbSi. The summed E-state index contributed by atoms with van der Waals surface area (Å²) in [6.07, 6.45) is 1.12. The van der Waals surface area contributed by atoms with E-state index in [1.165, 1.54) is 4.37 Å². The van der Waals surface area contributed by atoms with Gasteiger partial charge in [0.2, 0.25) is 0 Å². The van der Waals surface area contributed by atoms with Gasteiger partial charge in [0.25, 0.3) is 0 Å². The molecule has 5 heteroatoms. The Hall–Kier alpha value is 0.915. The van der Waals surface area contributed by atoms with Crippen molar-refractivity contribution in [2.24, 2.45) is 0 Å². The molecule has 0 aliphatic carbocycles. The maximum absolute atomic E-state index is 5.24. The van der Waals surface area contributed by atoms with Crippen LogP contribution in [0.3, 0.4) is 0 Å². The molecule has 0 rings (SSSR count).